The Morgan fingerprint density at radius 1 is 1.09 bits per heavy atom. The van der Waals surface area contributed by atoms with Crippen molar-refractivity contribution in [2.75, 3.05) is 18.4 Å². The molecule has 1 aromatic heterocycles. The average Bonchev–Trinajstić information content (AvgIpc) is 3.21. The zero-order valence-corrected chi connectivity index (χ0v) is 21.3. The molecule has 6 nitrogen and oxygen atoms in total. The van der Waals surface area contributed by atoms with Crippen LogP contribution in [0.15, 0.2) is 54.6 Å². The van der Waals surface area contributed by atoms with Gasteiger partial charge in [-0.15, -0.1) is 0 Å². The van der Waals surface area contributed by atoms with Crippen molar-refractivity contribution in [3.8, 4) is 5.69 Å². The third kappa shape index (κ3) is 6.48. The summed E-state index contributed by atoms with van der Waals surface area (Å²) in [6.45, 7) is 10.8. The summed E-state index contributed by atoms with van der Waals surface area (Å²) in [4.78, 5) is 27.8. The second-order valence-electron chi connectivity index (χ2n) is 9.55. The fraction of sp³-hybridized carbons (Fsp3) is 0.370. The van der Waals surface area contributed by atoms with E-state index < -0.39 is 0 Å². The van der Waals surface area contributed by atoms with Gasteiger partial charge in [0.15, 0.2) is 0 Å². The van der Waals surface area contributed by atoms with Gasteiger partial charge in [0, 0.05) is 28.6 Å². The van der Waals surface area contributed by atoms with Gasteiger partial charge in [-0.3, -0.25) is 9.59 Å². The number of unbranched alkanes of at least 4 members (excludes halogenated alkanes) is 1. The molecule has 0 saturated carbocycles. The van der Waals surface area contributed by atoms with Crippen molar-refractivity contribution >= 4 is 29.2 Å². The first-order valence-electron chi connectivity index (χ1n) is 11.6. The number of carbonyl (C=O) groups excluding carboxylic acids is 2. The predicted octanol–water partition coefficient (Wildman–Crippen LogP) is 6.01. The highest BCUT2D eigenvalue weighted by Gasteiger charge is 2.23. The summed E-state index contributed by atoms with van der Waals surface area (Å²) in [6, 6.07) is 16.6. The van der Waals surface area contributed by atoms with Crippen LogP contribution in [-0.2, 0) is 10.2 Å². The lowest BCUT2D eigenvalue weighted by atomic mass is 9.92. The third-order valence-electron chi connectivity index (χ3n) is 5.49. The third-order valence-corrected chi connectivity index (χ3v) is 5.74. The van der Waals surface area contributed by atoms with Crippen molar-refractivity contribution in [2.45, 2.75) is 52.9 Å². The fourth-order valence-corrected chi connectivity index (χ4v) is 3.65. The Hall–Kier alpha value is -3.12. The molecule has 3 aromatic rings. The fourth-order valence-electron chi connectivity index (χ4n) is 3.53. The number of benzene rings is 2. The van der Waals surface area contributed by atoms with Crippen LogP contribution in [0.25, 0.3) is 5.69 Å². The van der Waals surface area contributed by atoms with Crippen LogP contribution in [0.4, 0.5) is 5.82 Å². The molecule has 1 heterocycles. The highest BCUT2D eigenvalue weighted by Crippen LogP contribution is 2.26. The van der Waals surface area contributed by atoms with Crippen LogP contribution in [0.1, 0.15) is 62.2 Å². The van der Waals surface area contributed by atoms with Gasteiger partial charge < -0.3 is 10.2 Å². The van der Waals surface area contributed by atoms with E-state index in [0.717, 1.165) is 29.8 Å². The Bertz CT molecular complexity index is 1150. The molecule has 0 aliphatic heterocycles. The van der Waals surface area contributed by atoms with Crippen LogP contribution in [0.5, 0.6) is 0 Å². The van der Waals surface area contributed by atoms with Crippen molar-refractivity contribution in [1.29, 1.82) is 0 Å². The maximum Gasteiger partial charge on any atom is 0.254 e. The molecule has 0 aliphatic rings. The van der Waals surface area contributed by atoms with Gasteiger partial charge in [-0.1, -0.05) is 57.8 Å². The molecular weight excluding hydrogens is 448 g/mol. The molecule has 0 spiro atoms. The van der Waals surface area contributed by atoms with Crippen molar-refractivity contribution in [2.24, 2.45) is 0 Å². The smallest absolute Gasteiger partial charge is 0.254 e. The van der Waals surface area contributed by atoms with E-state index in [1.807, 2.05) is 37.3 Å². The molecule has 7 heteroatoms. The first kappa shape index (κ1) is 25.5. The molecular formula is C27H33ClN4O2. The first-order valence-corrected chi connectivity index (χ1v) is 12.0. The summed E-state index contributed by atoms with van der Waals surface area (Å²) in [7, 11) is 0. The second kappa shape index (κ2) is 10.9. The molecule has 180 valence electrons. The summed E-state index contributed by atoms with van der Waals surface area (Å²) in [6.07, 6.45) is 1.73. The topological polar surface area (TPSA) is 67.2 Å². The number of hydrogen-bond donors (Lipinski definition) is 1. The van der Waals surface area contributed by atoms with E-state index in [4.69, 9.17) is 16.7 Å². The lowest BCUT2D eigenvalue weighted by Gasteiger charge is -2.22. The molecule has 2 amide bonds. The lowest BCUT2D eigenvalue weighted by Crippen LogP contribution is -2.39. The highest BCUT2D eigenvalue weighted by molar-refractivity contribution is 6.30. The van der Waals surface area contributed by atoms with Crippen molar-refractivity contribution in [3.63, 3.8) is 0 Å². The van der Waals surface area contributed by atoms with Gasteiger partial charge in [0.25, 0.3) is 5.91 Å². The average molecular weight is 481 g/mol. The maximum absolute atomic E-state index is 13.1. The van der Waals surface area contributed by atoms with E-state index in [-0.39, 0.29) is 23.8 Å². The molecule has 0 radical (unpaired) electrons. The van der Waals surface area contributed by atoms with Crippen LogP contribution >= 0.6 is 11.6 Å². The Morgan fingerprint density at radius 2 is 1.79 bits per heavy atom. The molecule has 3 rings (SSSR count). The quantitative estimate of drug-likeness (QED) is 0.429. The van der Waals surface area contributed by atoms with Gasteiger partial charge in [-0.25, -0.2) is 4.68 Å². The largest absolute Gasteiger partial charge is 0.329 e. The monoisotopic (exact) mass is 480 g/mol. The zero-order chi connectivity index (χ0) is 24.9. The molecule has 1 N–H and O–H groups in total. The molecule has 0 saturated heterocycles. The van der Waals surface area contributed by atoms with E-state index in [1.54, 1.807) is 33.8 Å². The van der Waals surface area contributed by atoms with Gasteiger partial charge in [0.1, 0.15) is 12.4 Å². The second-order valence-corrected chi connectivity index (χ2v) is 9.99. The van der Waals surface area contributed by atoms with E-state index >= 15 is 0 Å². The Kier molecular flexibility index (Phi) is 8.15. The molecule has 2 aromatic carbocycles. The van der Waals surface area contributed by atoms with E-state index in [2.05, 4.69) is 33.0 Å². The van der Waals surface area contributed by atoms with Crippen molar-refractivity contribution in [3.05, 3.63) is 76.4 Å². The SMILES string of the molecule is CCCCN(CC(=O)Nc1cc(C(C)(C)C)nn1-c1cccc(C)c1)C(=O)c1ccc(Cl)cc1. The van der Waals surface area contributed by atoms with Crippen molar-refractivity contribution in [1.82, 2.24) is 14.7 Å². The van der Waals surface area contributed by atoms with Gasteiger partial charge in [-0.05, 0) is 55.3 Å². The maximum atomic E-state index is 13.1. The number of hydrogen-bond acceptors (Lipinski definition) is 3. The number of anilines is 1. The van der Waals surface area contributed by atoms with Crippen LogP contribution in [-0.4, -0.2) is 39.6 Å². The molecule has 0 aliphatic carbocycles. The van der Waals surface area contributed by atoms with Crippen molar-refractivity contribution < 1.29 is 9.59 Å². The summed E-state index contributed by atoms with van der Waals surface area (Å²) in [5.41, 5.74) is 3.15. The summed E-state index contributed by atoms with van der Waals surface area (Å²) in [5, 5.41) is 8.33. The number of aryl methyl sites for hydroxylation is 1. The highest BCUT2D eigenvalue weighted by atomic mass is 35.5. The number of halogens is 1. The van der Waals surface area contributed by atoms with Gasteiger partial charge in [0.2, 0.25) is 5.91 Å². The molecule has 34 heavy (non-hydrogen) atoms. The zero-order valence-electron chi connectivity index (χ0n) is 20.6. The van der Waals surface area contributed by atoms with E-state index in [0.29, 0.717) is 22.9 Å². The Morgan fingerprint density at radius 3 is 2.41 bits per heavy atom. The van der Waals surface area contributed by atoms with Crippen LogP contribution in [0.3, 0.4) is 0 Å². The molecule has 0 atom stereocenters. The van der Waals surface area contributed by atoms with Gasteiger partial charge in [-0.2, -0.15) is 5.10 Å². The summed E-state index contributed by atoms with van der Waals surface area (Å²) < 4.78 is 1.75. The number of nitrogens with zero attached hydrogens (tertiary/aromatic N) is 3. The minimum Gasteiger partial charge on any atom is -0.329 e. The van der Waals surface area contributed by atoms with Crippen LogP contribution < -0.4 is 5.32 Å². The standard InChI is InChI=1S/C27H33ClN4O2/c1-6-7-15-31(26(34)20-11-13-21(28)14-12-20)18-25(33)29-24-17-23(27(3,4)5)30-32(24)22-10-8-9-19(2)16-22/h8-14,16-17H,6-7,15,18H2,1-5H3,(H,29,33). The van der Waals surface area contributed by atoms with Gasteiger partial charge in [0.05, 0.1) is 11.4 Å². The Labute approximate surface area is 206 Å². The molecule has 0 bridgehead atoms. The Balaban J connectivity index is 1.85. The van der Waals surface area contributed by atoms with Crippen LogP contribution in [0, 0.1) is 6.92 Å². The first-order chi connectivity index (χ1) is 16.1. The normalized spacial score (nSPS) is 11.4. The summed E-state index contributed by atoms with van der Waals surface area (Å²) >= 11 is 5.97. The molecule has 0 fully saturated rings. The lowest BCUT2D eigenvalue weighted by molar-refractivity contribution is -0.116. The minimum absolute atomic E-state index is 0.0503. The number of aromatic nitrogens is 2. The number of rotatable bonds is 8. The number of nitrogens with one attached hydrogen (secondary N) is 1. The van der Waals surface area contributed by atoms with E-state index in [1.165, 1.54) is 0 Å². The molecule has 0 unspecified atom stereocenters. The number of amides is 2. The van der Waals surface area contributed by atoms with Crippen LogP contribution in [0.2, 0.25) is 5.02 Å². The van der Waals surface area contributed by atoms with Gasteiger partial charge >= 0.3 is 0 Å². The van der Waals surface area contributed by atoms with E-state index in [9.17, 15) is 9.59 Å². The minimum atomic E-state index is -0.271. The predicted molar refractivity (Wildman–Crippen MR) is 138 cm³/mol. The summed E-state index contributed by atoms with van der Waals surface area (Å²) in [5.74, 6) is 0.116. The number of carbonyl (C=O) groups is 2.